The average molecular weight is 405 g/mol. The molecule has 150 valence electrons. The first kappa shape index (κ1) is 18.7. The molecule has 0 unspecified atom stereocenters. The largest absolute Gasteiger partial charge is 0.321 e. The number of hydrogen-bond acceptors (Lipinski definition) is 5. The topological polar surface area (TPSA) is 83.0 Å². The summed E-state index contributed by atoms with van der Waals surface area (Å²) in [6.45, 7) is 2.02. The number of fused-ring (bicyclic) bond motifs is 2. The van der Waals surface area contributed by atoms with E-state index in [-0.39, 0.29) is 5.56 Å². The Balaban J connectivity index is 1.50. The third-order valence-electron chi connectivity index (χ3n) is 5.05. The molecule has 0 radical (unpaired) electrons. The molecule has 5 rings (SSSR count). The van der Waals surface area contributed by atoms with Gasteiger partial charge < -0.3 is 4.98 Å². The number of nitrogens with one attached hydrogen (secondary N) is 2. The Morgan fingerprint density at radius 3 is 2.61 bits per heavy atom. The maximum atomic E-state index is 12.4. The first-order valence-corrected chi connectivity index (χ1v) is 9.92. The number of hydrogen-bond donors (Lipinski definition) is 2. The van der Waals surface area contributed by atoms with E-state index in [4.69, 9.17) is 0 Å². The number of H-pyrrole nitrogens is 1. The van der Waals surface area contributed by atoms with E-state index in [0.29, 0.717) is 11.5 Å². The molecule has 0 aliphatic heterocycles. The van der Waals surface area contributed by atoms with Crippen LogP contribution < -0.4 is 11.0 Å². The molecule has 0 saturated carbocycles. The molecule has 0 amide bonds. The predicted molar refractivity (Wildman–Crippen MR) is 125 cm³/mol. The van der Waals surface area contributed by atoms with Crippen molar-refractivity contribution in [2.75, 3.05) is 5.43 Å². The Labute approximate surface area is 178 Å². The molecule has 2 heterocycles. The molecule has 0 fully saturated rings. The van der Waals surface area contributed by atoms with Crippen LogP contribution in [0.25, 0.3) is 33.1 Å². The van der Waals surface area contributed by atoms with Gasteiger partial charge in [-0.25, -0.2) is 15.4 Å². The van der Waals surface area contributed by atoms with Crippen molar-refractivity contribution in [1.29, 1.82) is 0 Å². The minimum atomic E-state index is -0.202. The van der Waals surface area contributed by atoms with Crippen molar-refractivity contribution in [3.05, 3.63) is 100 Å². The molecule has 0 spiro atoms. The minimum absolute atomic E-state index is 0.202. The van der Waals surface area contributed by atoms with Crippen LogP contribution in [0, 0.1) is 6.92 Å². The zero-order valence-corrected chi connectivity index (χ0v) is 16.8. The molecule has 6 nitrogen and oxygen atoms in total. The molecular weight excluding hydrogens is 386 g/mol. The lowest BCUT2D eigenvalue weighted by molar-refractivity contribution is 1.15. The van der Waals surface area contributed by atoms with E-state index in [1.54, 1.807) is 0 Å². The fourth-order valence-corrected chi connectivity index (χ4v) is 3.54. The van der Waals surface area contributed by atoms with Crippen molar-refractivity contribution in [2.45, 2.75) is 6.92 Å². The summed E-state index contributed by atoms with van der Waals surface area (Å²) in [7, 11) is 0. The van der Waals surface area contributed by atoms with Crippen LogP contribution in [0.4, 0.5) is 5.95 Å². The molecule has 5 aromatic rings. The number of aryl methyl sites for hydroxylation is 1. The Morgan fingerprint density at radius 2 is 1.74 bits per heavy atom. The smallest absolute Gasteiger partial charge is 0.257 e. The van der Waals surface area contributed by atoms with Crippen molar-refractivity contribution in [2.24, 2.45) is 5.10 Å². The lowest BCUT2D eigenvalue weighted by atomic mass is 10.1. The lowest BCUT2D eigenvalue weighted by Gasteiger charge is -2.08. The summed E-state index contributed by atoms with van der Waals surface area (Å²) in [6.07, 6.45) is 1.49. The van der Waals surface area contributed by atoms with Crippen molar-refractivity contribution in [3.8, 4) is 11.3 Å². The molecule has 3 aromatic carbocycles. The monoisotopic (exact) mass is 405 g/mol. The van der Waals surface area contributed by atoms with Crippen LogP contribution in [-0.4, -0.2) is 21.2 Å². The zero-order chi connectivity index (χ0) is 21.2. The van der Waals surface area contributed by atoms with Crippen LogP contribution in [0.1, 0.15) is 11.1 Å². The summed E-state index contributed by atoms with van der Waals surface area (Å²) in [5.74, 6) is 0.363. The van der Waals surface area contributed by atoms with Crippen LogP contribution in [0.2, 0.25) is 0 Å². The number of para-hydroxylation sites is 1. The summed E-state index contributed by atoms with van der Waals surface area (Å²) in [5, 5.41) is 6.14. The fraction of sp³-hybridized carbons (Fsp3) is 0.0400. The second-order valence-electron chi connectivity index (χ2n) is 7.29. The van der Waals surface area contributed by atoms with Crippen LogP contribution in [0.15, 0.2) is 88.8 Å². The normalized spacial score (nSPS) is 11.4. The van der Waals surface area contributed by atoms with Gasteiger partial charge in [0, 0.05) is 16.5 Å². The van der Waals surface area contributed by atoms with Crippen molar-refractivity contribution in [1.82, 2.24) is 15.0 Å². The molecule has 0 bridgehead atoms. The van der Waals surface area contributed by atoms with Gasteiger partial charge in [-0.05, 0) is 36.6 Å². The number of pyridine rings is 1. The number of aromatic nitrogens is 3. The van der Waals surface area contributed by atoms with Crippen LogP contribution in [0.3, 0.4) is 0 Å². The van der Waals surface area contributed by atoms with Crippen LogP contribution >= 0.6 is 0 Å². The summed E-state index contributed by atoms with van der Waals surface area (Å²) in [6, 6.07) is 25.5. The second kappa shape index (κ2) is 7.84. The maximum Gasteiger partial charge on any atom is 0.257 e. The summed E-state index contributed by atoms with van der Waals surface area (Å²) in [5.41, 5.74) is 7.68. The zero-order valence-electron chi connectivity index (χ0n) is 16.8. The average Bonchev–Trinajstić information content (AvgIpc) is 2.80. The van der Waals surface area contributed by atoms with Gasteiger partial charge in [-0.2, -0.15) is 5.10 Å². The van der Waals surface area contributed by atoms with E-state index in [1.807, 2.05) is 85.8 Å². The van der Waals surface area contributed by atoms with Gasteiger partial charge in [0.1, 0.15) is 0 Å². The van der Waals surface area contributed by atoms with E-state index in [9.17, 15) is 4.79 Å². The van der Waals surface area contributed by atoms with Gasteiger partial charge in [0.05, 0.1) is 23.0 Å². The fourth-order valence-electron chi connectivity index (χ4n) is 3.54. The van der Waals surface area contributed by atoms with Crippen LogP contribution in [0.5, 0.6) is 0 Å². The molecule has 0 atom stereocenters. The van der Waals surface area contributed by atoms with Gasteiger partial charge in [0.15, 0.2) is 0 Å². The Morgan fingerprint density at radius 1 is 0.935 bits per heavy atom. The lowest BCUT2D eigenvalue weighted by Crippen LogP contribution is -2.12. The Kier molecular flexibility index (Phi) is 4.72. The molecule has 6 heteroatoms. The van der Waals surface area contributed by atoms with Crippen molar-refractivity contribution >= 4 is 34.0 Å². The first-order chi connectivity index (χ1) is 15.2. The quantitative estimate of drug-likeness (QED) is 0.329. The first-order valence-electron chi connectivity index (χ1n) is 9.92. The molecular formula is C25H19N5O. The Bertz CT molecular complexity index is 1490. The molecule has 31 heavy (non-hydrogen) atoms. The number of anilines is 1. The van der Waals surface area contributed by atoms with Crippen LogP contribution in [-0.2, 0) is 0 Å². The highest BCUT2D eigenvalue weighted by Crippen LogP contribution is 2.27. The summed E-state index contributed by atoms with van der Waals surface area (Å²) in [4.78, 5) is 24.5. The van der Waals surface area contributed by atoms with E-state index in [0.717, 1.165) is 38.6 Å². The predicted octanol–water partition coefficient (Wildman–Crippen LogP) is 4.89. The van der Waals surface area contributed by atoms with Gasteiger partial charge >= 0.3 is 0 Å². The van der Waals surface area contributed by atoms with Crippen molar-refractivity contribution in [3.63, 3.8) is 0 Å². The second-order valence-corrected chi connectivity index (χ2v) is 7.29. The van der Waals surface area contributed by atoms with E-state index in [2.05, 4.69) is 25.5 Å². The van der Waals surface area contributed by atoms with Gasteiger partial charge in [-0.15, -0.1) is 0 Å². The standard InChI is InChI=1S/C25H19N5O/c1-16-11-12-21-18(13-16)14-19(24(31)27-21)15-26-30-25-28-22-10-6-5-9-20(22)23(29-25)17-7-3-2-4-8-17/h2-15H,1H3,(H,27,31)(H,28,29,30). The van der Waals surface area contributed by atoms with Crippen molar-refractivity contribution < 1.29 is 0 Å². The third-order valence-corrected chi connectivity index (χ3v) is 5.05. The number of benzene rings is 3. The molecule has 2 aromatic heterocycles. The summed E-state index contributed by atoms with van der Waals surface area (Å²) < 4.78 is 0. The van der Waals surface area contributed by atoms with E-state index >= 15 is 0 Å². The molecule has 0 aliphatic carbocycles. The number of rotatable bonds is 4. The SMILES string of the molecule is Cc1ccc2[nH]c(=O)c(C=NNc3nc(-c4ccccc4)c4ccccc4n3)cc2c1. The van der Waals surface area contributed by atoms with E-state index < -0.39 is 0 Å². The maximum absolute atomic E-state index is 12.4. The molecule has 0 saturated heterocycles. The minimum Gasteiger partial charge on any atom is -0.321 e. The molecule has 0 aliphatic rings. The van der Waals surface area contributed by atoms with Gasteiger partial charge in [-0.3, -0.25) is 4.79 Å². The number of hydrazone groups is 1. The Hall–Kier alpha value is -4.32. The van der Waals surface area contributed by atoms with E-state index in [1.165, 1.54) is 6.21 Å². The summed E-state index contributed by atoms with van der Waals surface area (Å²) >= 11 is 0. The van der Waals surface area contributed by atoms with Gasteiger partial charge in [-0.1, -0.05) is 60.2 Å². The van der Waals surface area contributed by atoms with Gasteiger partial charge in [0.25, 0.3) is 5.56 Å². The highest BCUT2D eigenvalue weighted by atomic mass is 16.1. The number of nitrogens with zero attached hydrogens (tertiary/aromatic N) is 3. The third kappa shape index (κ3) is 3.79. The highest BCUT2D eigenvalue weighted by molar-refractivity contribution is 5.93. The van der Waals surface area contributed by atoms with Gasteiger partial charge in [0.2, 0.25) is 5.95 Å². The number of aromatic amines is 1. The highest BCUT2D eigenvalue weighted by Gasteiger charge is 2.09. The molecule has 2 N–H and O–H groups in total.